The molecule has 1 aromatic heterocycles. The van der Waals surface area contributed by atoms with Gasteiger partial charge in [0, 0.05) is 11.3 Å². The second-order valence-electron chi connectivity index (χ2n) is 4.70. The molecule has 0 saturated heterocycles. The number of aromatic amines is 1. The minimum Gasteiger partial charge on any atom is -0.493 e. The van der Waals surface area contributed by atoms with Gasteiger partial charge in [0.25, 0.3) is 5.91 Å². The number of ether oxygens (including phenoxy) is 1. The summed E-state index contributed by atoms with van der Waals surface area (Å²) >= 11 is 0. The normalized spacial score (nSPS) is 10.3. The summed E-state index contributed by atoms with van der Waals surface area (Å²) in [4.78, 5) is 12.5. The van der Waals surface area contributed by atoms with Crippen molar-refractivity contribution < 1.29 is 9.53 Å². The summed E-state index contributed by atoms with van der Waals surface area (Å²) in [5.41, 5.74) is 1.89. The predicted molar refractivity (Wildman–Crippen MR) is 85.2 cm³/mol. The Bertz CT molecular complexity index is 802. The highest BCUT2D eigenvalue weighted by Crippen LogP contribution is 2.22. The molecule has 3 aromatic rings. The highest BCUT2D eigenvalue weighted by molar-refractivity contribution is 6.06. The molecule has 2 N–H and O–H groups in total. The standard InChI is InChI=1S/C16H15N5O2/c1-2-23-14-9-4-3-8-13(14)16(22)17-12-7-5-6-11(10-12)15-18-20-21-19-15/h3-10H,2H2,1H3,(H,17,22)(H,18,19,20,21). The predicted octanol–water partition coefficient (Wildman–Crippen LogP) is 2.52. The Morgan fingerprint density at radius 1 is 1.22 bits per heavy atom. The fraction of sp³-hybridized carbons (Fsp3) is 0.125. The van der Waals surface area contributed by atoms with Crippen molar-refractivity contribution in [3.05, 3.63) is 54.1 Å². The number of carbonyl (C=O) groups excluding carboxylic acids is 1. The number of hydrogen-bond donors (Lipinski definition) is 2. The number of hydrogen-bond acceptors (Lipinski definition) is 5. The minimum atomic E-state index is -0.237. The molecule has 0 saturated carbocycles. The fourth-order valence-electron chi connectivity index (χ4n) is 2.15. The summed E-state index contributed by atoms with van der Waals surface area (Å²) in [6, 6.07) is 14.4. The molecule has 1 heterocycles. The second kappa shape index (κ2) is 6.69. The molecular formula is C16H15N5O2. The molecule has 0 aliphatic rings. The van der Waals surface area contributed by atoms with Crippen molar-refractivity contribution in [1.29, 1.82) is 0 Å². The summed E-state index contributed by atoms with van der Waals surface area (Å²) in [5.74, 6) is 0.789. The summed E-state index contributed by atoms with van der Waals surface area (Å²) in [6.45, 7) is 2.38. The van der Waals surface area contributed by atoms with E-state index in [-0.39, 0.29) is 5.91 Å². The lowest BCUT2D eigenvalue weighted by Crippen LogP contribution is -2.13. The number of para-hydroxylation sites is 1. The van der Waals surface area contributed by atoms with Crippen LogP contribution in [0, 0.1) is 0 Å². The molecule has 23 heavy (non-hydrogen) atoms. The van der Waals surface area contributed by atoms with E-state index in [1.165, 1.54) is 0 Å². The Hall–Kier alpha value is -3.22. The van der Waals surface area contributed by atoms with Crippen molar-refractivity contribution in [3.63, 3.8) is 0 Å². The SMILES string of the molecule is CCOc1ccccc1C(=O)Nc1cccc(-c2nn[nH]n2)c1. The number of rotatable bonds is 5. The van der Waals surface area contributed by atoms with E-state index >= 15 is 0 Å². The van der Waals surface area contributed by atoms with E-state index in [0.717, 1.165) is 5.56 Å². The first-order chi connectivity index (χ1) is 11.3. The lowest BCUT2D eigenvalue weighted by molar-refractivity contribution is 0.102. The molecular weight excluding hydrogens is 294 g/mol. The smallest absolute Gasteiger partial charge is 0.259 e. The number of aromatic nitrogens is 4. The van der Waals surface area contributed by atoms with Crippen LogP contribution < -0.4 is 10.1 Å². The van der Waals surface area contributed by atoms with Gasteiger partial charge in [0.05, 0.1) is 12.2 Å². The van der Waals surface area contributed by atoms with E-state index in [9.17, 15) is 4.79 Å². The zero-order valence-corrected chi connectivity index (χ0v) is 12.5. The Labute approximate surface area is 132 Å². The number of anilines is 1. The van der Waals surface area contributed by atoms with Crippen LogP contribution in [0.15, 0.2) is 48.5 Å². The first kappa shape index (κ1) is 14.7. The molecule has 7 nitrogen and oxygen atoms in total. The van der Waals surface area contributed by atoms with Gasteiger partial charge in [0.15, 0.2) is 0 Å². The van der Waals surface area contributed by atoms with Gasteiger partial charge in [-0.25, -0.2) is 0 Å². The van der Waals surface area contributed by atoms with Crippen molar-refractivity contribution in [3.8, 4) is 17.1 Å². The molecule has 116 valence electrons. The van der Waals surface area contributed by atoms with Crippen LogP contribution in [0.2, 0.25) is 0 Å². The zero-order chi connectivity index (χ0) is 16.1. The van der Waals surface area contributed by atoms with E-state index in [2.05, 4.69) is 25.9 Å². The minimum absolute atomic E-state index is 0.237. The number of carbonyl (C=O) groups is 1. The zero-order valence-electron chi connectivity index (χ0n) is 12.5. The molecule has 0 spiro atoms. The molecule has 0 bridgehead atoms. The molecule has 3 rings (SSSR count). The van der Waals surface area contributed by atoms with Crippen LogP contribution in [0.3, 0.4) is 0 Å². The van der Waals surface area contributed by atoms with Gasteiger partial charge in [0.2, 0.25) is 5.82 Å². The maximum Gasteiger partial charge on any atom is 0.259 e. The first-order valence-corrected chi connectivity index (χ1v) is 7.15. The summed E-state index contributed by atoms with van der Waals surface area (Å²) in [7, 11) is 0. The van der Waals surface area contributed by atoms with Gasteiger partial charge in [-0.2, -0.15) is 5.21 Å². The molecule has 1 amide bonds. The average Bonchev–Trinajstić information content (AvgIpc) is 3.10. The van der Waals surface area contributed by atoms with E-state index in [1.807, 2.05) is 25.1 Å². The summed E-state index contributed by atoms with van der Waals surface area (Å²) in [6.07, 6.45) is 0. The Morgan fingerprint density at radius 2 is 2.09 bits per heavy atom. The molecule has 0 radical (unpaired) electrons. The van der Waals surface area contributed by atoms with Gasteiger partial charge in [-0.05, 0) is 36.4 Å². The molecule has 0 aliphatic heterocycles. The molecule has 2 aromatic carbocycles. The second-order valence-corrected chi connectivity index (χ2v) is 4.70. The number of amides is 1. The topological polar surface area (TPSA) is 92.8 Å². The van der Waals surface area contributed by atoms with Gasteiger partial charge >= 0.3 is 0 Å². The maximum atomic E-state index is 12.5. The van der Waals surface area contributed by atoms with Gasteiger partial charge in [-0.3, -0.25) is 4.79 Å². The van der Waals surface area contributed by atoms with Crippen molar-refractivity contribution in [1.82, 2.24) is 20.6 Å². The third kappa shape index (κ3) is 3.34. The third-order valence-corrected chi connectivity index (χ3v) is 3.16. The van der Waals surface area contributed by atoms with Crippen LogP contribution in [0.1, 0.15) is 17.3 Å². The van der Waals surface area contributed by atoms with Gasteiger partial charge in [-0.1, -0.05) is 24.3 Å². The lowest BCUT2D eigenvalue weighted by Gasteiger charge is -2.10. The lowest BCUT2D eigenvalue weighted by atomic mass is 10.1. The number of nitrogens with one attached hydrogen (secondary N) is 2. The molecule has 7 heteroatoms. The highest BCUT2D eigenvalue weighted by Gasteiger charge is 2.12. The maximum absolute atomic E-state index is 12.5. The Morgan fingerprint density at radius 3 is 2.87 bits per heavy atom. The van der Waals surface area contributed by atoms with Crippen molar-refractivity contribution in [2.75, 3.05) is 11.9 Å². The van der Waals surface area contributed by atoms with E-state index in [4.69, 9.17) is 4.74 Å². The van der Waals surface area contributed by atoms with Gasteiger partial charge in [0.1, 0.15) is 5.75 Å². The number of H-pyrrole nitrogens is 1. The Kier molecular flexibility index (Phi) is 4.28. The van der Waals surface area contributed by atoms with Gasteiger partial charge < -0.3 is 10.1 Å². The van der Waals surface area contributed by atoms with Crippen LogP contribution in [-0.4, -0.2) is 33.1 Å². The highest BCUT2D eigenvalue weighted by atomic mass is 16.5. The van der Waals surface area contributed by atoms with Crippen LogP contribution >= 0.6 is 0 Å². The number of nitrogens with zero attached hydrogens (tertiary/aromatic N) is 3. The van der Waals surface area contributed by atoms with Gasteiger partial charge in [-0.15, -0.1) is 10.2 Å². The van der Waals surface area contributed by atoms with E-state index < -0.39 is 0 Å². The number of benzene rings is 2. The van der Waals surface area contributed by atoms with Crippen molar-refractivity contribution in [2.45, 2.75) is 6.92 Å². The summed E-state index contributed by atoms with van der Waals surface area (Å²) in [5, 5.41) is 16.6. The van der Waals surface area contributed by atoms with E-state index in [1.54, 1.807) is 30.3 Å². The quantitative estimate of drug-likeness (QED) is 0.755. The van der Waals surface area contributed by atoms with Crippen LogP contribution in [0.25, 0.3) is 11.4 Å². The van der Waals surface area contributed by atoms with Crippen LogP contribution in [0.5, 0.6) is 5.75 Å². The average molecular weight is 309 g/mol. The largest absolute Gasteiger partial charge is 0.493 e. The molecule has 0 aliphatic carbocycles. The van der Waals surface area contributed by atoms with Crippen molar-refractivity contribution >= 4 is 11.6 Å². The number of tetrazole rings is 1. The van der Waals surface area contributed by atoms with E-state index in [0.29, 0.717) is 29.4 Å². The molecule has 0 unspecified atom stereocenters. The Balaban J connectivity index is 1.82. The fourth-order valence-corrected chi connectivity index (χ4v) is 2.15. The monoisotopic (exact) mass is 309 g/mol. The molecule has 0 fully saturated rings. The third-order valence-electron chi connectivity index (χ3n) is 3.16. The summed E-state index contributed by atoms with van der Waals surface area (Å²) < 4.78 is 5.49. The van der Waals surface area contributed by atoms with Crippen molar-refractivity contribution in [2.24, 2.45) is 0 Å². The van der Waals surface area contributed by atoms with Crippen LogP contribution in [0.4, 0.5) is 5.69 Å². The van der Waals surface area contributed by atoms with Crippen LogP contribution in [-0.2, 0) is 0 Å². The molecule has 0 atom stereocenters. The first-order valence-electron chi connectivity index (χ1n) is 7.15.